The van der Waals surface area contributed by atoms with Crippen molar-refractivity contribution in [1.29, 1.82) is 0 Å². The number of aromatic nitrogens is 2. The normalized spacial score (nSPS) is 9.26. The maximum atomic E-state index is 12.1. The van der Waals surface area contributed by atoms with Gasteiger partial charge in [-0.15, -0.1) is 9.78 Å². The van der Waals surface area contributed by atoms with Crippen molar-refractivity contribution in [2.45, 2.75) is 0 Å². The molecule has 3 aromatic rings. The van der Waals surface area contributed by atoms with Crippen LogP contribution in [0.25, 0.3) is 10.8 Å². The lowest BCUT2D eigenvalue weighted by atomic mass is 10.2. The number of methoxy groups -OCH3 is 6. The number of nitrogens with one attached hydrogen (secondary N) is 4. The predicted octanol–water partition coefficient (Wildman–Crippen LogP) is 2.81. The summed E-state index contributed by atoms with van der Waals surface area (Å²) >= 11 is 0. The second-order valence-corrected chi connectivity index (χ2v) is 7.61. The van der Waals surface area contributed by atoms with Crippen LogP contribution >= 0.6 is 0 Å². The van der Waals surface area contributed by atoms with Crippen LogP contribution in [-0.4, -0.2) is 89.1 Å². The Labute approximate surface area is 259 Å². The number of hydrogen-bond acceptors (Lipinski definition) is 15. The first-order chi connectivity index (χ1) is 21.9. The number of amides is 4. The molecule has 0 saturated carbocycles. The van der Waals surface area contributed by atoms with Gasteiger partial charge in [0.1, 0.15) is 0 Å². The molecule has 2 aromatic carbocycles. The Hall–Kier alpha value is -6.60. The lowest BCUT2D eigenvalue weighted by Gasteiger charge is -2.10. The number of carbonyl (C=O) groups excluding carboxylic acids is 6. The van der Waals surface area contributed by atoms with Crippen LogP contribution in [0.15, 0.2) is 53.3 Å². The van der Waals surface area contributed by atoms with Gasteiger partial charge in [-0.3, -0.25) is 15.4 Å². The van der Waals surface area contributed by atoms with Crippen molar-refractivity contribution in [2.24, 2.45) is 0 Å². The summed E-state index contributed by atoms with van der Waals surface area (Å²) < 4.78 is 31.2. The molecule has 20 nitrogen and oxygen atoms in total. The summed E-state index contributed by atoms with van der Waals surface area (Å²) in [4.78, 5) is 77.2. The van der Waals surface area contributed by atoms with Gasteiger partial charge >= 0.3 is 36.6 Å². The zero-order chi connectivity index (χ0) is 34.6. The van der Waals surface area contributed by atoms with Crippen LogP contribution in [0.4, 0.5) is 40.1 Å². The smallest absolute Gasteiger partial charge is 0.453 e. The number of ether oxygens (including phenoxy) is 7. The van der Waals surface area contributed by atoms with Crippen LogP contribution in [0.2, 0.25) is 0 Å². The van der Waals surface area contributed by atoms with Crippen LogP contribution in [-0.2, 0) is 28.4 Å². The Morgan fingerprint density at radius 1 is 0.587 bits per heavy atom. The van der Waals surface area contributed by atoms with Crippen LogP contribution < -0.4 is 31.8 Å². The Morgan fingerprint density at radius 2 is 1.02 bits per heavy atom. The number of para-hydroxylation sites is 2. The number of nitrogens with zero attached hydrogens (tertiary/aromatic N) is 2. The molecule has 248 valence electrons. The van der Waals surface area contributed by atoms with Crippen molar-refractivity contribution in [1.82, 2.24) is 20.6 Å². The third-order valence-electron chi connectivity index (χ3n) is 4.87. The van der Waals surface area contributed by atoms with Gasteiger partial charge in [-0.1, -0.05) is 24.3 Å². The third-order valence-corrected chi connectivity index (χ3v) is 4.87. The highest BCUT2D eigenvalue weighted by Gasteiger charge is 2.18. The van der Waals surface area contributed by atoms with Crippen LogP contribution in [0.5, 0.6) is 5.88 Å². The molecule has 0 unspecified atom stereocenters. The molecule has 0 atom stereocenters. The van der Waals surface area contributed by atoms with Gasteiger partial charge in [0.05, 0.1) is 64.8 Å². The topological polar surface area (TPSA) is 250 Å². The zero-order valence-electron chi connectivity index (χ0n) is 25.2. The average Bonchev–Trinajstić information content (AvgIpc) is 3.08. The van der Waals surface area contributed by atoms with Crippen molar-refractivity contribution >= 4 is 58.8 Å². The van der Waals surface area contributed by atoms with Crippen molar-refractivity contribution in [3.05, 3.63) is 58.9 Å². The lowest BCUT2D eigenvalue weighted by Crippen LogP contribution is -2.41. The van der Waals surface area contributed by atoms with Gasteiger partial charge in [0.25, 0.3) is 11.4 Å². The summed E-state index contributed by atoms with van der Waals surface area (Å²) in [6, 6.07) is 12.9. The highest BCUT2D eigenvalue weighted by molar-refractivity contribution is 5.95. The van der Waals surface area contributed by atoms with Gasteiger partial charge < -0.3 is 33.2 Å². The summed E-state index contributed by atoms with van der Waals surface area (Å²) in [5.74, 6) is -0.225. The molecule has 0 fully saturated rings. The summed E-state index contributed by atoms with van der Waals surface area (Å²) in [6.07, 6.45) is -4.75. The van der Waals surface area contributed by atoms with E-state index in [1.165, 1.54) is 40.6 Å². The highest BCUT2D eigenvalue weighted by Crippen LogP contribution is 2.21. The Balaban J connectivity index is 0.000000366. The van der Waals surface area contributed by atoms with E-state index in [0.717, 1.165) is 14.2 Å². The molecule has 20 heteroatoms. The second kappa shape index (κ2) is 19.6. The maximum absolute atomic E-state index is 12.1. The number of anilines is 2. The molecule has 4 amide bonds. The second-order valence-electron chi connectivity index (χ2n) is 7.61. The maximum Gasteiger partial charge on any atom is 0.514 e. The predicted molar refractivity (Wildman–Crippen MR) is 156 cm³/mol. The molecular formula is C26H30N6O14. The molecular weight excluding hydrogens is 620 g/mol. The first-order valence-electron chi connectivity index (χ1n) is 12.3. The van der Waals surface area contributed by atoms with Gasteiger partial charge in [0.15, 0.2) is 0 Å². The van der Waals surface area contributed by atoms with E-state index < -0.39 is 42.2 Å². The lowest BCUT2D eigenvalue weighted by molar-refractivity contribution is 0.118. The van der Waals surface area contributed by atoms with Crippen molar-refractivity contribution < 1.29 is 61.9 Å². The van der Waals surface area contributed by atoms with E-state index in [1.807, 2.05) is 10.9 Å². The molecule has 0 bridgehead atoms. The van der Waals surface area contributed by atoms with E-state index in [4.69, 9.17) is 4.74 Å². The van der Waals surface area contributed by atoms with E-state index >= 15 is 0 Å². The molecule has 1 heterocycles. The summed E-state index contributed by atoms with van der Waals surface area (Å²) in [7, 11) is 7.09. The first-order valence-corrected chi connectivity index (χ1v) is 12.3. The Morgan fingerprint density at radius 3 is 1.43 bits per heavy atom. The van der Waals surface area contributed by atoms with Gasteiger partial charge in [0, 0.05) is 0 Å². The number of carbonyl (C=O) groups is 6. The van der Waals surface area contributed by atoms with Crippen molar-refractivity contribution in [3.63, 3.8) is 0 Å². The minimum Gasteiger partial charge on any atom is -0.453 e. The minimum absolute atomic E-state index is 0.159. The molecule has 0 spiro atoms. The molecule has 1 aromatic heterocycles. The first kappa shape index (κ1) is 37.4. The third kappa shape index (κ3) is 11.9. The van der Waals surface area contributed by atoms with Crippen molar-refractivity contribution in [2.75, 3.05) is 53.3 Å². The van der Waals surface area contributed by atoms with Crippen molar-refractivity contribution in [3.8, 4) is 5.88 Å². The summed E-state index contributed by atoms with van der Waals surface area (Å²) in [6.45, 7) is 0. The molecule has 46 heavy (non-hydrogen) atoms. The fraction of sp³-hybridized carbons (Fsp3) is 0.231. The number of rotatable bonds is 3. The van der Waals surface area contributed by atoms with E-state index in [2.05, 4.69) is 44.2 Å². The van der Waals surface area contributed by atoms with Crippen LogP contribution in [0, 0.1) is 0 Å². The zero-order valence-corrected chi connectivity index (χ0v) is 25.2. The fourth-order valence-corrected chi connectivity index (χ4v) is 2.79. The fourth-order valence-electron chi connectivity index (χ4n) is 2.79. The summed E-state index contributed by atoms with van der Waals surface area (Å²) in [5.41, 5.74) is 3.98. The van der Waals surface area contributed by atoms with Gasteiger partial charge in [-0.25, -0.2) is 39.6 Å². The average molecular weight is 651 g/mol. The largest absolute Gasteiger partial charge is 0.514 e. The molecule has 4 N–H and O–H groups in total. The quantitative estimate of drug-likeness (QED) is 0.181. The van der Waals surface area contributed by atoms with Gasteiger partial charge in [-0.05, 0) is 24.3 Å². The van der Waals surface area contributed by atoms with Gasteiger partial charge in [0.2, 0.25) is 0 Å². The molecule has 3 rings (SSSR count). The standard InChI is InChI=1S/C12H10N2O6.C10H12N2O4.C4H8N2O4/c1-18-11(16)14-10(15)8-6-4-3-5-7(8)9(13-14)20-12(17)19-2;1-15-9(13)11-7-5-3-4-6-8(7)12-10(14)16-2;1-9-3(7)5-6-4(8)10-2/h3-6H,1-2H3;3-6H,1-2H3,(H,11,13)(H,12,14);1-2H3,(H,5,7)(H,6,8). The van der Waals surface area contributed by atoms with E-state index in [0.29, 0.717) is 16.1 Å². The number of hydrazine groups is 1. The Bertz CT molecular complexity index is 1540. The van der Waals surface area contributed by atoms with E-state index in [9.17, 15) is 33.6 Å². The highest BCUT2D eigenvalue weighted by atomic mass is 16.7. The molecule has 0 saturated heterocycles. The van der Waals surface area contributed by atoms with E-state index in [-0.39, 0.29) is 16.7 Å². The Kier molecular flexibility index (Phi) is 15.9. The molecule has 0 radical (unpaired) electrons. The SMILES string of the molecule is COC(=O)NNC(=O)OC.COC(=O)Nc1ccccc1NC(=O)OC.COC(=O)Oc1nn(C(=O)OC)c(=O)c2ccccc12. The number of fused-ring (bicyclic) bond motifs is 1. The number of benzene rings is 2. The minimum atomic E-state index is -1.02. The van der Waals surface area contributed by atoms with Crippen LogP contribution in [0.3, 0.4) is 0 Å². The summed E-state index contributed by atoms with van der Waals surface area (Å²) in [5, 5.41) is 9.02. The molecule has 0 aliphatic rings. The monoisotopic (exact) mass is 650 g/mol. The molecule has 0 aliphatic heterocycles. The van der Waals surface area contributed by atoms with Crippen LogP contribution in [0.1, 0.15) is 0 Å². The number of hydrogen-bond donors (Lipinski definition) is 4. The van der Waals surface area contributed by atoms with Gasteiger partial charge in [-0.2, -0.15) is 0 Å². The van der Waals surface area contributed by atoms with E-state index in [1.54, 1.807) is 36.4 Å². The molecule has 0 aliphatic carbocycles.